The normalized spacial score (nSPS) is 10.3. The molecule has 0 saturated carbocycles. The second-order valence-corrected chi connectivity index (χ2v) is 3.86. The van der Waals surface area contributed by atoms with Crippen LogP contribution in [-0.2, 0) is 11.3 Å². The summed E-state index contributed by atoms with van der Waals surface area (Å²) in [6.07, 6.45) is 2.63. The van der Waals surface area contributed by atoms with Gasteiger partial charge >= 0.3 is 5.97 Å². The molecule has 0 fully saturated rings. The molecule has 0 aliphatic heterocycles. The van der Waals surface area contributed by atoms with E-state index in [1.54, 1.807) is 6.07 Å². The summed E-state index contributed by atoms with van der Waals surface area (Å²) in [5.41, 5.74) is 0.580. The Morgan fingerprint density at radius 2 is 2.17 bits per heavy atom. The fraction of sp³-hybridized carbons (Fsp3) is 0.500. The van der Waals surface area contributed by atoms with Crippen LogP contribution < -0.4 is 10.6 Å². The molecule has 0 bridgehead atoms. The van der Waals surface area contributed by atoms with Gasteiger partial charge < -0.3 is 20.2 Å². The first-order valence-corrected chi connectivity index (χ1v) is 5.92. The van der Waals surface area contributed by atoms with E-state index in [1.165, 1.54) is 6.26 Å². The van der Waals surface area contributed by atoms with Crippen molar-refractivity contribution in [3.05, 3.63) is 23.7 Å². The Bertz CT molecular complexity index is 401. The van der Waals surface area contributed by atoms with E-state index in [0.717, 1.165) is 6.42 Å². The number of aromatic carboxylic acids is 1. The molecule has 6 heteroatoms. The van der Waals surface area contributed by atoms with Crippen LogP contribution in [-0.4, -0.2) is 30.1 Å². The van der Waals surface area contributed by atoms with Crippen molar-refractivity contribution in [2.24, 2.45) is 0 Å². The van der Waals surface area contributed by atoms with Crippen molar-refractivity contribution >= 4 is 11.9 Å². The molecule has 0 aliphatic carbocycles. The van der Waals surface area contributed by atoms with Gasteiger partial charge in [-0.3, -0.25) is 4.79 Å². The van der Waals surface area contributed by atoms with Crippen molar-refractivity contribution in [2.45, 2.75) is 26.3 Å². The van der Waals surface area contributed by atoms with Gasteiger partial charge in [-0.2, -0.15) is 0 Å². The average molecular weight is 254 g/mol. The van der Waals surface area contributed by atoms with Crippen molar-refractivity contribution in [1.82, 2.24) is 10.6 Å². The lowest BCUT2D eigenvalue weighted by molar-refractivity contribution is -0.120. The van der Waals surface area contributed by atoms with Gasteiger partial charge in [0.15, 0.2) is 0 Å². The second-order valence-electron chi connectivity index (χ2n) is 3.86. The van der Waals surface area contributed by atoms with Crippen LogP contribution in [0.5, 0.6) is 0 Å². The van der Waals surface area contributed by atoms with Crippen LogP contribution >= 0.6 is 0 Å². The van der Waals surface area contributed by atoms with E-state index in [4.69, 9.17) is 9.52 Å². The third kappa shape index (κ3) is 4.58. The molecule has 6 nitrogen and oxygen atoms in total. The molecule has 0 spiro atoms. The molecule has 3 N–H and O–H groups in total. The summed E-state index contributed by atoms with van der Waals surface area (Å²) < 4.78 is 4.84. The van der Waals surface area contributed by atoms with Crippen molar-refractivity contribution in [3.63, 3.8) is 0 Å². The fourth-order valence-corrected chi connectivity index (χ4v) is 1.44. The number of carbonyl (C=O) groups excluding carboxylic acids is 1. The van der Waals surface area contributed by atoms with Gasteiger partial charge in [0.25, 0.3) is 0 Å². The third-order valence-corrected chi connectivity index (χ3v) is 2.36. The first-order chi connectivity index (χ1) is 8.65. The molecule has 1 rings (SSSR count). The minimum atomic E-state index is -1.09. The molecule has 100 valence electrons. The maximum Gasteiger partial charge on any atom is 0.372 e. The zero-order valence-electron chi connectivity index (χ0n) is 10.4. The largest absolute Gasteiger partial charge is 0.475 e. The molecule has 0 unspecified atom stereocenters. The Kier molecular flexibility index (Phi) is 5.93. The van der Waals surface area contributed by atoms with E-state index < -0.39 is 5.97 Å². The van der Waals surface area contributed by atoms with Crippen molar-refractivity contribution in [2.75, 3.05) is 13.1 Å². The van der Waals surface area contributed by atoms with Crippen LogP contribution in [0.3, 0.4) is 0 Å². The molecule has 1 heterocycles. The highest BCUT2D eigenvalue weighted by Crippen LogP contribution is 2.09. The average Bonchev–Trinajstić information content (AvgIpc) is 2.80. The van der Waals surface area contributed by atoms with Crippen molar-refractivity contribution in [3.8, 4) is 0 Å². The van der Waals surface area contributed by atoms with Gasteiger partial charge in [0.2, 0.25) is 11.7 Å². The predicted octanol–water partition coefficient (Wildman–Crippen LogP) is 0.984. The number of rotatable bonds is 8. The van der Waals surface area contributed by atoms with Crippen molar-refractivity contribution < 1.29 is 19.1 Å². The highest BCUT2D eigenvalue weighted by atomic mass is 16.4. The zero-order valence-corrected chi connectivity index (χ0v) is 10.4. The van der Waals surface area contributed by atoms with Crippen LogP contribution in [0.25, 0.3) is 0 Å². The van der Waals surface area contributed by atoms with E-state index in [2.05, 4.69) is 10.6 Å². The van der Waals surface area contributed by atoms with Crippen LogP contribution in [0, 0.1) is 0 Å². The summed E-state index contributed by atoms with van der Waals surface area (Å²) in [5.74, 6) is -1.15. The van der Waals surface area contributed by atoms with E-state index in [1.807, 2.05) is 6.92 Å². The number of carboxylic acid groups (broad SMARTS) is 1. The van der Waals surface area contributed by atoms with Crippen LogP contribution in [0.1, 0.15) is 35.9 Å². The molecule has 18 heavy (non-hydrogen) atoms. The molecule has 0 saturated heterocycles. The minimum absolute atomic E-state index is 0.00463. The first-order valence-electron chi connectivity index (χ1n) is 5.92. The number of nitrogens with one attached hydrogen (secondary N) is 2. The van der Waals surface area contributed by atoms with Gasteiger partial charge in [-0.25, -0.2) is 4.79 Å². The Morgan fingerprint density at radius 3 is 2.83 bits per heavy atom. The summed E-state index contributed by atoms with van der Waals surface area (Å²) in [6, 6.07) is 1.60. The Morgan fingerprint density at radius 1 is 1.39 bits per heavy atom. The summed E-state index contributed by atoms with van der Waals surface area (Å²) in [5, 5.41) is 14.6. The van der Waals surface area contributed by atoms with E-state index in [-0.39, 0.29) is 11.7 Å². The molecular weight excluding hydrogens is 236 g/mol. The minimum Gasteiger partial charge on any atom is -0.475 e. The van der Waals surface area contributed by atoms with E-state index in [9.17, 15) is 9.59 Å². The summed E-state index contributed by atoms with van der Waals surface area (Å²) in [7, 11) is 0. The Hall–Kier alpha value is -1.82. The SMILES string of the molecule is CCCNC(=O)CCNCc1ccoc1C(=O)O. The predicted molar refractivity (Wildman–Crippen MR) is 65.3 cm³/mol. The van der Waals surface area contributed by atoms with E-state index >= 15 is 0 Å². The number of hydrogen-bond acceptors (Lipinski definition) is 4. The fourth-order valence-electron chi connectivity index (χ4n) is 1.44. The van der Waals surface area contributed by atoms with Gasteiger partial charge in [0.1, 0.15) is 0 Å². The second kappa shape index (κ2) is 7.50. The Balaban J connectivity index is 2.23. The number of amides is 1. The van der Waals surface area contributed by atoms with Crippen molar-refractivity contribution in [1.29, 1.82) is 0 Å². The van der Waals surface area contributed by atoms with E-state index in [0.29, 0.717) is 31.6 Å². The molecule has 0 atom stereocenters. The van der Waals surface area contributed by atoms with Crippen LogP contribution in [0.15, 0.2) is 16.7 Å². The highest BCUT2D eigenvalue weighted by molar-refractivity contribution is 5.86. The lowest BCUT2D eigenvalue weighted by atomic mass is 10.2. The summed E-state index contributed by atoms with van der Waals surface area (Å²) >= 11 is 0. The van der Waals surface area contributed by atoms with Gasteiger partial charge in [0, 0.05) is 31.6 Å². The third-order valence-electron chi connectivity index (χ3n) is 2.36. The van der Waals surface area contributed by atoms with Gasteiger partial charge in [0.05, 0.1) is 6.26 Å². The highest BCUT2D eigenvalue weighted by Gasteiger charge is 2.13. The molecule has 1 aromatic rings. The van der Waals surface area contributed by atoms with Gasteiger partial charge in [-0.15, -0.1) is 0 Å². The number of carbonyl (C=O) groups is 2. The number of hydrogen-bond donors (Lipinski definition) is 3. The smallest absolute Gasteiger partial charge is 0.372 e. The monoisotopic (exact) mass is 254 g/mol. The zero-order chi connectivity index (χ0) is 13.4. The maximum absolute atomic E-state index is 11.3. The standard InChI is InChI=1S/C12H18N2O4/c1-2-5-14-10(15)3-6-13-8-9-4-7-18-11(9)12(16)17/h4,7,13H,2-3,5-6,8H2,1H3,(H,14,15)(H,16,17). The van der Waals surface area contributed by atoms with Gasteiger partial charge in [-0.05, 0) is 12.5 Å². The molecule has 1 aromatic heterocycles. The number of furan rings is 1. The van der Waals surface area contributed by atoms with Crippen LogP contribution in [0.4, 0.5) is 0 Å². The maximum atomic E-state index is 11.3. The first kappa shape index (κ1) is 14.2. The quantitative estimate of drug-likeness (QED) is 0.601. The lowest BCUT2D eigenvalue weighted by Crippen LogP contribution is -2.28. The lowest BCUT2D eigenvalue weighted by Gasteiger charge is -2.05. The molecular formula is C12H18N2O4. The number of carboxylic acids is 1. The molecule has 0 aromatic carbocycles. The molecule has 0 aliphatic rings. The summed E-state index contributed by atoms with van der Waals surface area (Å²) in [4.78, 5) is 22.0. The topological polar surface area (TPSA) is 91.6 Å². The van der Waals surface area contributed by atoms with Gasteiger partial charge in [-0.1, -0.05) is 6.92 Å². The molecule has 1 amide bonds. The molecule has 0 radical (unpaired) electrons. The summed E-state index contributed by atoms with van der Waals surface area (Å²) in [6.45, 7) is 3.55. The van der Waals surface area contributed by atoms with Crippen LogP contribution in [0.2, 0.25) is 0 Å². The Labute approximate surface area is 105 Å².